The SMILES string of the molecule is CN1CCOC(CNCC2(C)CCCO2)C1. The van der Waals surface area contributed by atoms with Crippen molar-refractivity contribution in [1.29, 1.82) is 0 Å². The number of hydrogen-bond donors (Lipinski definition) is 1. The van der Waals surface area contributed by atoms with E-state index in [1.807, 2.05) is 0 Å². The van der Waals surface area contributed by atoms with Crippen molar-refractivity contribution in [1.82, 2.24) is 10.2 Å². The molecular weight excluding hydrogens is 204 g/mol. The van der Waals surface area contributed by atoms with Crippen molar-refractivity contribution in [2.24, 2.45) is 0 Å². The number of nitrogens with one attached hydrogen (secondary N) is 1. The summed E-state index contributed by atoms with van der Waals surface area (Å²) in [4.78, 5) is 2.32. The fourth-order valence-corrected chi connectivity index (χ4v) is 2.46. The second-order valence-corrected chi connectivity index (χ2v) is 5.29. The normalized spacial score (nSPS) is 36.8. The molecule has 0 bridgehead atoms. The Morgan fingerprint density at radius 3 is 3.00 bits per heavy atom. The first-order chi connectivity index (χ1) is 7.68. The molecule has 2 aliphatic heterocycles. The van der Waals surface area contributed by atoms with Gasteiger partial charge in [0.1, 0.15) is 0 Å². The predicted molar refractivity (Wildman–Crippen MR) is 63.7 cm³/mol. The second-order valence-electron chi connectivity index (χ2n) is 5.29. The van der Waals surface area contributed by atoms with Crippen LogP contribution in [0.4, 0.5) is 0 Å². The van der Waals surface area contributed by atoms with Crippen LogP contribution in [0.3, 0.4) is 0 Å². The van der Waals surface area contributed by atoms with Crippen LogP contribution in [-0.2, 0) is 9.47 Å². The first-order valence-corrected chi connectivity index (χ1v) is 6.33. The minimum absolute atomic E-state index is 0.0561. The van der Waals surface area contributed by atoms with Gasteiger partial charge in [0.25, 0.3) is 0 Å². The molecule has 1 N–H and O–H groups in total. The van der Waals surface area contributed by atoms with Gasteiger partial charge in [-0.25, -0.2) is 0 Å². The molecule has 2 aliphatic rings. The fraction of sp³-hybridized carbons (Fsp3) is 1.00. The molecule has 0 aromatic heterocycles. The van der Waals surface area contributed by atoms with E-state index >= 15 is 0 Å². The molecule has 0 saturated carbocycles. The molecule has 0 aliphatic carbocycles. The van der Waals surface area contributed by atoms with Gasteiger partial charge in [-0.2, -0.15) is 0 Å². The maximum Gasteiger partial charge on any atom is 0.0826 e. The van der Waals surface area contributed by atoms with E-state index in [2.05, 4.69) is 24.2 Å². The Morgan fingerprint density at radius 2 is 2.31 bits per heavy atom. The minimum Gasteiger partial charge on any atom is -0.374 e. The van der Waals surface area contributed by atoms with Crippen LogP contribution in [0, 0.1) is 0 Å². The van der Waals surface area contributed by atoms with Crippen LogP contribution >= 0.6 is 0 Å². The van der Waals surface area contributed by atoms with E-state index in [4.69, 9.17) is 9.47 Å². The minimum atomic E-state index is 0.0561. The van der Waals surface area contributed by atoms with Crippen molar-refractivity contribution >= 4 is 0 Å². The lowest BCUT2D eigenvalue weighted by atomic mass is 10.0. The Morgan fingerprint density at radius 1 is 1.44 bits per heavy atom. The highest BCUT2D eigenvalue weighted by molar-refractivity contribution is 4.83. The summed E-state index contributed by atoms with van der Waals surface area (Å²) >= 11 is 0. The summed E-state index contributed by atoms with van der Waals surface area (Å²) in [7, 11) is 2.15. The zero-order valence-electron chi connectivity index (χ0n) is 10.5. The highest BCUT2D eigenvalue weighted by Gasteiger charge is 2.29. The standard InChI is InChI=1S/C12H24N2O2/c1-12(4-3-6-16-12)10-13-8-11-9-14(2)5-7-15-11/h11,13H,3-10H2,1-2H3. The van der Waals surface area contributed by atoms with Gasteiger partial charge in [0, 0.05) is 32.8 Å². The first kappa shape index (κ1) is 12.3. The first-order valence-electron chi connectivity index (χ1n) is 6.33. The summed E-state index contributed by atoms with van der Waals surface area (Å²) in [5.74, 6) is 0. The topological polar surface area (TPSA) is 33.7 Å². The lowest BCUT2D eigenvalue weighted by molar-refractivity contribution is -0.0240. The summed E-state index contributed by atoms with van der Waals surface area (Å²) < 4.78 is 11.4. The smallest absolute Gasteiger partial charge is 0.0826 e. The highest BCUT2D eigenvalue weighted by atomic mass is 16.5. The largest absolute Gasteiger partial charge is 0.374 e. The van der Waals surface area contributed by atoms with E-state index in [0.29, 0.717) is 6.10 Å². The average Bonchev–Trinajstić information content (AvgIpc) is 2.65. The van der Waals surface area contributed by atoms with Gasteiger partial charge in [0.05, 0.1) is 18.3 Å². The monoisotopic (exact) mass is 228 g/mol. The summed E-state index contributed by atoms with van der Waals surface area (Å²) in [6.45, 7) is 7.93. The maximum atomic E-state index is 5.74. The summed E-state index contributed by atoms with van der Waals surface area (Å²) in [6, 6.07) is 0. The van der Waals surface area contributed by atoms with Crippen molar-refractivity contribution in [2.45, 2.75) is 31.5 Å². The molecule has 2 heterocycles. The number of hydrogen-bond acceptors (Lipinski definition) is 4. The van der Waals surface area contributed by atoms with Crippen LogP contribution in [0.15, 0.2) is 0 Å². The predicted octanol–water partition coefficient (Wildman–Crippen LogP) is 0.476. The van der Waals surface area contributed by atoms with Crippen molar-refractivity contribution < 1.29 is 9.47 Å². The summed E-state index contributed by atoms with van der Waals surface area (Å²) in [6.07, 6.45) is 2.70. The molecule has 4 heteroatoms. The Hall–Kier alpha value is -0.160. The maximum absolute atomic E-state index is 5.74. The third kappa shape index (κ3) is 3.42. The van der Waals surface area contributed by atoms with Gasteiger partial charge in [-0.05, 0) is 26.8 Å². The van der Waals surface area contributed by atoms with Crippen molar-refractivity contribution in [2.75, 3.05) is 46.4 Å². The van der Waals surface area contributed by atoms with Gasteiger partial charge < -0.3 is 19.7 Å². The number of ether oxygens (including phenoxy) is 2. The number of nitrogens with zero attached hydrogens (tertiary/aromatic N) is 1. The molecule has 0 aromatic carbocycles. The van der Waals surface area contributed by atoms with Gasteiger partial charge in [0.15, 0.2) is 0 Å². The molecule has 2 rings (SSSR count). The lowest BCUT2D eigenvalue weighted by Crippen LogP contribution is -2.47. The van der Waals surface area contributed by atoms with Gasteiger partial charge in [-0.15, -0.1) is 0 Å². The molecule has 16 heavy (non-hydrogen) atoms. The number of rotatable bonds is 4. The number of morpholine rings is 1. The third-order valence-corrected chi connectivity index (χ3v) is 3.51. The van der Waals surface area contributed by atoms with Crippen LogP contribution < -0.4 is 5.32 Å². The Kier molecular flexibility index (Phi) is 4.19. The van der Waals surface area contributed by atoms with E-state index in [-0.39, 0.29) is 5.60 Å². The fourth-order valence-electron chi connectivity index (χ4n) is 2.46. The second kappa shape index (κ2) is 5.45. The third-order valence-electron chi connectivity index (χ3n) is 3.51. The zero-order valence-corrected chi connectivity index (χ0v) is 10.5. The van der Waals surface area contributed by atoms with Crippen LogP contribution in [0.1, 0.15) is 19.8 Å². The van der Waals surface area contributed by atoms with E-state index in [1.54, 1.807) is 0 Å². The quantitative estimate of drug-likeness (QED) is 0.758. The van der Waals surface area contributed by atoms with E-state index in [1.165, 1.54) is 12.8 Å². The van der Waals surface area contributed by atoms with Gasteiger partial charge in [0.2, 0.25) is 0 Å². The zero-order chi connectivity index (χ0) is 11.4. The van der Waals surface area contributed by atoms with Crippen molar-refractivity contribution in [3.05, 3.63) is 0 Å². The molecule has 2 saturated heterocycles. The summed E-state index contributed by atoms with van der Waals surface area (Å²) in [5.41, 5.74) is 0.0561. The van der Waals surface area contributed by atoms with Gasteiger partial charge >= 0.3 is 0 Å². The number of likely N-dealkylation sites (N-methyl/N-ethyl adjacent to an activating group) is 1. The Balaban J connectivity index is 1.63. The summed E-state index contributed by atoms with van der Waals surface area (Å²) in [5, 5.41) is 3.48. The van der Waals surface area contributed by atoms with Crippen molar-refractivity contribution in [3.8, 4) is 0 Å². The van der Waals surface area contributed by atoms with Crippen molar-refractivity contribution in [3.63, 3.8) is 0 Å². The highest BCUT2D eigenvalue weighted by Crippen LogP contribution is 2.23. The molecule has 2 unspecified atom stereocenters. The van der Waals surface area contributed by atoms with Crippen LogP contribution in [0.5, 0.6) is 0 Å². The molecule has 0 spiro atoms. The molecule has 0 amide bonds. The van der Waals surface area contributed by atoms with Gasteiger partial charge in [-0.1, -0.05) is 0 Å². The molecule has 4 nitrogen and oxygen atoms in total. The average molecular weight is 228 g/mol. The Bertz CT molecular complexity index is 217. The molecular formula is C12H24N2O2. The van der Waals surface area contributed by atoms with E-state index in [9.17, 15) is 0 Å². The van der Waals surface area contributed by atoms with E-state index < -0.39 is 0 Å². The molecule has 0 radical (unpaired) electrons. The van der Waals surface area contributed by atoms with Gasteiger partial charge in [-0.3, -0.25) is 0 Å². The van der Waals surface area contributed by atoms with E-state index in [0.717, 1.165) is 39.4 Å². The van der Waals surface area contributed by atoms with Crippen LogP contribution in [-0.4, -0.2) is 63.0 Å². The molecule has 94 valence electrons. The molecule has 2 fully saturated rings. The molecule has 0 aromatic rings. The Labute approximate surface area is 98.3 Å². The van der Waals surface area contributed by atoms with Crippen LogP contribution in [0.25, 0.3) is 0 Å². The lowest BCUT2D eigenvalue weighted by Gasteiger charge is -2.31. The van der Waals surface area contributed by atoms with Crippen LogP contribution in [0.2, 0.25) is 0 Å². The molecule has 2 atom stereocenters.